The highest BCUT2D eigenvalue weighted by atomic mass is 16.6. The zero-order valence-corrected chi connectivity index (χ0v) is 21.8. The largest absolute Gasteiger partial charge is 0.481 e. The molecule has 0 aromatic rings. The van der Waals surface area contributed by atoms with Gasteiger partial charge in [0.25, 0.3) is 0 Å². The monoisotopic (exact) mass is 540 g/mol. The number of carboxylic acids is 1. The first-order chi connectivity index (χ1) is 18.2. The van der Waals surface area contributed by atoms with Crippen molar-refractivity contribution in [2.45, 2.75) is 6.42 Å². The van der Waals surface area contributed by atoms with E-state index < -0.39 is 11.9 Å². The lowest BCUT2D eigenvalue weighted by Crippen LogP contribution is -2.15. The molecule has 37 heavy (non-hydrogen) atoms. The van der Waals surface area contributed by atoms with Crippen molar-refractivity contribution in [3.8, 4) is 0 Å². The Morgan fingerprint density at radius 3 is 0.946 bits per heavy atom. The molecule has 0 aromatic heterocycles. The van der Waals surface area contributed by atoms with Crippen LogP contribution in [0.3, 0.4) is 0 Å². The average Bonchev–Trinajstić information content (AvgIpc) is 2.89. The molecule has 0 aromatic carbocycles. The summed E-state index contributed by atoms with van der Waals surface area (Å²) in [5.74, 6) is -1.34. The van der Waals surface area contributed by atoms with Crippen molar-refractivity contribution >= 4 is 11.9 Å². The van der Waals surface area contributed by atoms with E-state index in [9.17, 15) is 9.59 Å². The van der Waals surface area contributed by atoms with Crippen LogP contribution in [-0.2, 0) is 57.0 Å². The van der Waals surface area contributed by atoms with Gasteiger partial charge in [-0.2, -0.15) is 0 Å². The van der Waals surface area contributed by atoms with Gasteiger partial charge in [-0.05, 0) is 0 Å². The molecule has 1 N–H and O–H groups in total. The van der Waals surface area contributed by atoms with Crippen LogP contribution in [0.2, 0.25) is 0 Å². The highest BCUT2D eigenvalue weighted by Gasteiger charge is 1.98. The van der Waals surface area contributed by atoms with Gasteiger partial charge in [0.15, 0.2) is 0 Å². The number of carboxylic acid groups (broad SMARTS) is 1. The second-order valence-corrected chi connectivity index (χ2v) is 7.03. The van der Waals surface area contributed by atoms with Crippen molar-refractivity contribution in [3.63, 3.8) is 0 Å². The maximum Gasteiger partial charge on any atom is 0.330 e. The molecule has 0 fully saturated rings. The zero-order valence-electron chi connectivity index (χ0n) is 21.8. The van der Waals surface area contributed by atoms with Gasteiger partial charge in [0.05, 0.1) is 125 Å². The number of hydrogen-bond acceptors (Lipinski definition) is 12. The van der Waals surface area contributed by atoms with E-state index in [0.717, 1.165) is 6.08 Å². The molecule has 0 aliphatic carbocycles. The highest BCUT2D eigenvalue weighted by molar-refractivity contribution is 5.81. The molecular formula is C24H44O13. The van der Waals surface area contributed by atoms with E-state index in [4.69, 9.17) is 52.5 Å². The molecule has 0 aliphatic heterocycles. The van der Waals surface area contributed by atoms with E-state index in [1.165, 1.54) is 0 Å². The molecule has 0 heterocycles. The van der Waals surface area contributed by atoms with Crippen molar-refractivity contribution < 1.29 is 62.1 Å². The van der Waals surface area contributed by atoms with E-state index >= 15 is 0 Å². The Labute approximate surface area is 219 Å². The minimum Gasteiger partial charge on any atom is -0.481 e. The van der Waals surface area contributed by atoms with Crippen LogP contribution in [0, 0.1) is 0 Å². The van der Waals surface area contributed by atoms with Gasteiger partial charge in [-0.15, -0.1) is 0 Å². The molecule has 0 spiro atoms. The van der Waals surface area contributed by atoms with Gasteiger partial charge in [-0.3, -0.25) is 4.79 Å². The number of esters is 1. The molecule has 13 heteroatoms. The molecule has 0 rings (SSSR count). The molecule has 0 saturated carbocycles. The van der Waals surface area contributed by atoms with Crippen LogP contribution in [-0.4, -0.2) is 143 Å². The third kappa shape index (κ3) is 32.3. The number of carbonyl (C=O) groups excluding carboxylic acids is 1. The standard InChI is InChI=1S/C24H44O13/c1-2-24(27)37-22-21-36-20-19-35-18-17-34-16-15-33-14-13-32-12-11-31-10-9-30-8-7-29-6-5-28-4-3-23(25)26/h2H,1,3-22H2,(H,25,26). The van der Waals surface area contributed by atoms with Gasteiger partial charge in [0.1, 0.15) is 6.61 Å². The summed E-state index contributed by atoms with van der Waals surface area (Å²) in [6.07, 6.45) is 1.10. The minimum atomic E-state index is -0.877. The van der Waals surface area contributed by atoms with Crippen molar-refractivity contribution in [2.24, 2.45) is 0 Å². The second kappa shape index (κ2) is 30.5. The molecule has 0 saturated heterocycles. The van der Waals surface area contributed by atoms with Gasteiger partial charge >= 0.3 is 11.9 Å². The average molecular weight is 541 g/mol. The fraction of sp³-hybridized carbons (Fsp3) is 0.833. The maximum absolute atomic E-state index is 10.8. The fourth-order valence-electron chi connectivity index (χ4n) is 2.28. The van der Waals surface area contributed by atoms with Crippen LogP contribution < -0.4 is 0 Å². The van der Waals surface area contributed by atoms with Crippen molar-refractivity contribution in [3.05, 3.63) is 12.7 Å². The third-order valence-corrected chi connectivity index (χ3v) is 4.07. The number of hydrogen-bond donors (Lipinski definition) is 1. The summed E-state index contributed by atoms with van der Waals surface area (Å²) in [7, 11) is 0. The highest BCUT2D eigenvalue weighted by Crippen LogP contribution is 1.87. The summed E-state index contributed by atoms with van der Waals surface area (Å²) in [5.41, 5.74) is 0. The minimum absolute atomic E-state index is 0.00458. The summed E-state index contributed by atoms with van der Waals surface area (Å²) < 4.78 is 52.8. The second-order valence-electron chi connectivity index (χ2n) is 7.03. The fourth-order valence-corrected chi connectivity index (χ4v) is 2.28. The van der Waals surface area contributed by atoms with Crippen LogP contribution in [0.15, 0.2) is 12.7 Å². The smallest absolute Gasteiger partial charge is 0.330 e. The SMILES string of the molecule is C=CC(=O)OCCOCCOCCOCCOCCOCCOCCOCCOCCOCCC(=O)O. The van der Waals surface area contributed by atoms with Crippen molar-refractivity contribution in [1.29, 1.82) is 0 Å². The molecule has 0 amide bonds. The lowest BCUT2D eigenvalue weighted by Gasteiger charge is -2.09. The number of aliphatic carboxylic acids is 1. The van der Waals surface area contributed by atoms with Gasteiger partial charge in [0, 0.05) is 6.08 Å². The lowest BCUT2D eigenvalue weighted by atomic mass is 10.5. The Hall–Kier alpha value is -1.68. The molecule has 0 atom stereocenters. The van der Waals surface area contributed by atoms with Crippen LogP contribution in [0.25, 0.3) is 0 Å². The third-order valence-electron chi connectivity index (χ3n) is 4.07. The van der Waals surface area contributed by atoms with Gasteiger partial charge in [-0.1, -0.05) is 6.58 Å². The molecule has 218 valence electrons. The first kappa shape index (κ1) is 35.3. The van der Waals surface area contributed by atoms with Gasteiger partial charge in [0.2, 0.25) is 0 Å². The first-order valence-corrected chi connectivity index (χ1v) is 12.4. The summed E-state index contributed by atoms with van der Waals surface area (Å²) in [6, 6.07) is 0. The van der Waals surface area contributed by atoms with Crippen molar-refractivity contribution in [2.75, 3.05) is 126 Å². The van der Waals surface area contributed by atoms with Crippen LogP contribution in [0.4, 0.5) is 0 Å². The van der Waals surface area contributed by atoms with Crippen LogP contribution in [0.1, 0.15) is 6.42 Å². The molecule has 0 radical (unpaired) electrons. The van der Waals surface area contributed by atoms with E-state index in [2.05, 4.69) is 6.58 Å². The van der Waals surface area contributed by atoms with Crippen LogP contribution >= 0.6 is 0 Å². The van der Waals surface area contributed by atoms with E-state index in [0.29, 0.717) is 112 Å². The Bertz CT molecular complexity index is 519. The maximum atomic E-state index is 10.8. The van der Waals surface area contributed by atoms with E-state index in [1.807, 2.05) is 0 Å². The Balaban J connectivity index is 3.05. The summed E-state index contributed by atoms with van der Waals surface area (Å²) in [6.45, 7) is 11.3. The van der Waals surface area contributed by atoms with E-state index in [1.54, 1.807) is 0 Å². The lowest BCUT2D eigenvalue weighted by molar-refractivity contribution is -0.140. The predicted molar refractivity (Wildman–Crippen MR) is 131 cm³/mol. The summed E-state index contributed by atoms with van der Waals surface area (Å²) in [5, 5.41) is 8.46. The molecule has 13 nitrogen and oxygen atoms in total. The Morgan fingerprint density at radius 2 is 0.703 bits per heavy atom. The Morgan fingerprint density at radius 1 is 0.459 bits per heavy atom. The quantitative estimate of drug-likeness (QED) is 0.0733. The number of ether oxygens (including phenoxy) is 10. The van der Waals surface area contributed by atoms with E-state index in [-0.39, 0.29) is 19.6 Å². The predicted octanol–water partition coefficient (Wildman–Crippen LogP) is 0.340. The first-order valence-electron chi connectivity index (χ1n) is 12.4. The number of carbonyl (C=O) groups is 2. The number of rotatable bonds is 31. The normalized spacial score (nSPS) is 11.0. The summed E-state index contributed by atoms with van der Waals surface area (Å²) >= 11 is 0. The molecule has 0 bridgehead atoms. The van der Waals surface area contributed by atoms with Gasteiger partial charge < -0.3 is 52.5 Å². The Kier molecular flexibility index (Phi) is 29.2. The molecule has 0 aliphatic rings. The van der Waals surface area contributed by atoms with Crippen LogP contribution in [0.5, 0.6) is 0 Å². The topological polar surface area (TPSA) is 147 Å². The van der Waals surface area contributed by atoms with Crippen molar-refractivity contribution in [1.82, 2.24) is 0 Å². The summed E-state index contributed by atoms with van der Waals surface area (Å²) in [4.78, 5) is 21.1. The molecular weight excluding hydrogens is 496 g/mol. The zero-order chi connectivity index (χ0) is 27.1. The van der Waals surface area contributed by atoms with Gasteiger partial charge in [-0.25, -0.2) is 4.79 Å². The molecule has 0 unspecified atom stereocenters.